The highest BCUT2D eigenvalue weighted by Crippen LogP contribution is 2.19. The summed E-state index contributed by atoms with van der Waals surface area (Å²) in [6.45, 7) is 4.66. The van der Waals surface area contributed by atoms with Crippen molar-refractivity contribution in [1.29, 1.82) is 0 Å². The van der Waals surface area contributed by atoms with E-state index >= 15 is 0 Å². The number of benzene rings is 1. The molecule has 1 amide bonds. The highest BCUT2D eigenvalue weighted by Gasteiger charge is 2.15. The van der Waals surface area contributed by atoms with Crippen molar-refractivity contribution in [3.05, 3.63) is 56.0 Å². The zero-order valence-electron chi connectivity index (χ0n) is 13.1. The van der Waals surface area contributed by atoms with E-state index in [1.165, 1.54) is 6.07 Å². The van der Waals surface area contributed by atoms with Crippen LogP contribution in [0.5, 0.6) is 0 Å². The van der Waals surface area contributed by atoms with E-state index in [4.69, 9.17) is 0 Å². The number of hydrogen-bond donors (Lipinski definition) is 1. The van der Waals surface area contributed by atoms with E-state index in [9.17, 15) is 14.9 Å². The van der Waals surface area contributed by atoms with Crippen molar-refractivity contribution in [2.45, 2.75) is 32.6 Å². The van der Waals surface area contributed by atoms with Gasteiger partial charge < -0.3 is 5.32 Å². The minimum absolute atomic E-state index is 0.00542. The van der Waals surface area contributed by atoms with Crippen LogP contribution < -0.4 is 5.32 Å². The molecule has 7 heteroatoms. The van der Waals surface area contributed by atoms with Crippen LogP contribution in [0, 0.1) is 10.1 Å². The lowest BCUT2D eigenvalue weighted by Crippen LogP contribution is -2.27. The predicted molar refractivity (Wildman–Crippen MR) is 89.7 cm³/mol. The van der Waals surface area contributed by atoms with Gasteiger partial charge >= 0.3 is 0 Å². The Morgan fingerprint density at radius 2 is 2.13 bits per heavy atom. The molecule has 0 radical (unpaired) electrons. The summed E-state index contributed by atoms with van der Waals surface area (Å²) in [4.78, 5) is 26.9. The maximum atomic E-state index is 11.9. The third kappa shape index (κ3) is 4.85. The summed E-state index contributed by atoms with van der Waals surface area (Å²) >= 11 is 1.63. The van der Waals surface area contributed by atoms with Gasteiger partial charge in [0.05, 0.1) is 22.0 Å². The number of nitrogens with one attached hydrogen (secondary N) is 1. The fraction of sp³-hybridized carbons (Fsp3) is 0.375. The Balaban J connectivity index is 1.84. The van der Waals surface area contributed by atoms with Gasteiger partial charge in [0.25, 0.3) is 5.69 Å². The molecular weight excluding hydrogens is 314 g/mol. The van der Waals surface area contributed by atoms with Crippen molar-refractivity contribution in [1.82, 2.24) is 10.3 Å². The second kappa shape index (κ2) is 7.82. The maximum absolute atomic E-state index is 11.9. The molecule has 23 heavy (non-hydrogen) atoms. The van der Waals surface area contributed by atoms with E-state index in [1.807, 2.05) is 5.38 Å². The highest BCUT2D eigenvalue weighted by molar-refractivity contribution is 7.09. The van der Waals surface area contributed by atoms with Crippen LogP contribution in [0.1, 0.15) is 36.0 Å². The first-order valence-electron chi connectivity index (χ1n) is 7.40. The number of nitro groups is 1. The van der Waals surface area contributed by atoms with Crippen molar-refractivity contribution < 1.29 is 9.72 Å². The van der Waals surface area contributed by atoms with Crippen molar-refractivity contribution in [3.8, 4) is 0 Å². The molecule has 122 valence electrons. The molecule has 1 heterocycles. The van der Waals surface area contributed by atoms with Crippen molar-refractivity contribution in [2.75, 3.05) is 6.54 Å². The number of amides is 1. The average molecular weight is 333 g/mol. The SMILES string of the molecule is CC(C)c1nc(CCNC(=O)Cc2ccccc2[N+](=O)[O-])cs1. The molecule has 0 fully saturated rings. The van der Waals surface area contributed by atoms with Crippen LogP contribution >= 0.6 is 11.3 Å². The number of nitrogens with zero attached hydrogens (tertiary/aromatic N) is 2. The quantitative estimate of drug-likeness (QED) is 0.623. The number of aromatic nitrogens is 1. The Morgan fingerprint density at radius 1 is 1.39 bits per heavy atom. The van der Waals surface area contributed by atoms with E-state index in [-0.39, 0.29) is 18.0 Å². The first kappa shape index (κ1) is 17.1. The summed E-state index contributed by atoms with van der Waals surface area (Å²) in [5.74, 6) is 0.181. The lowest BCUT2D eigenvalue weighted by molar-refractivity contribution is -0.385. The molecule has 0 aliphatic carbocycles. The third-order valence-corrected chi connectivity index (χ3v) is 4.50. The molecule has 1 aromatic carbocycles. The first-order chi connectivity index (χ1) is 11.0. The van der Waals surface area contributed by atoms with Gasteiger partial charge in [0, 0.05) is 35.9 Å². The number of nitro benzene ring substituents is 1. The molecule has 0 spiro atoms. The third-order valence-electron chi connectivity index (χ3n) is 3.31. The summed E-state index contributed by atoms with van der Waals surface area (Å²) in [7, 11) is 0. The maximum Gasteiger partial charge on any atom is 0.273 e. The monoisotopic (exact) mass is 333 g/mol. The number of hydrogen-bond acceptors (Lipinski definition) is 5. The molecule has 1 aromatic heterocycles. The standard InChI is InChI=1S/C16H19N3O3S/c1-11(2)16-18-13(10-23-16)7-8-17-15(20)9-12-5-3-4-6-14(12)19(21)22/h3-6,10-11H,7-9H2,1-2H3,(H,17,20). The van der Waals surface area contributed by atoms with E-state index < -0.39 is 4.92 Å². The molecule has 0 bridgehead atoms. The molecule has 0 saturated heterocycles. The van der Waals surface area contributed by atoms with Crippen molar-refractivity contribution in [2.24, 2.45) is 0 Å². The fourth-order valence-corrected chi connectivity index (χ4v) is 2.98. The second-order valence-corrected chi connectivity index (χ2v) is 6.38. The summed E-state index contributed by atoms with van der Waals surface area (Å²) < 4.78 is 0. The zero-order valence-corrected chi connectivity index (χ0v) is 13.9. The fourth-order valence-electron chi connectivity index (χ4n) is 2.11. The first-order valence-corrected chi connectivity index (χ1v) is 8.28. The summed E-state index contributed by atoms with van der Waals surface area (Å²) in [5, 5.41) is 16.8. The van der Waals surface area contributed by atoms with Crippen LogP contribution in [-0.2, 0) is 17.6 Å². The Labute approximate surface area is 138 Å². The topological polar surface area (TPSA) is 85.1 Å². The van der Waals surface area contributed by atoms with Gasteiger partial charge in [0.15, 0.2) is 0 Å². The molecule has 0 atom stereocenters. The van der Waals surface area contributed by atoms with E-state index in [0.29, 0.717) is 24.4 Å². The van der Waals surface area contributed by atoms with Gasteiger partial charge in [-0.05, 0) is 0 Å². The van der Waals surface area contributed by atoms with Crippen molar-refractivity contribution >= 4 is 22.9 Å². The van der Waals surface area contributed by atoms with Gasteiger partial charge in [-0.2, -0.15) is 0 Å². The van der Waals surface area contributed by atoms with Gasteiger partial charge in [-0.15, -0.1) is 11.3 Å². The van der Waals surface area contributed by atoms with Gasteiger partial charge in [0.2, 0.25) is 5.91 Å². The highest BCUT2D eigenvalue weighted by atomic mass is 32.1. The molecular formula is C16H19N3O3S. The normalized spacial score (nSPS) is 10.7. The predicted octanol–water partition coefficient (Wildman–Crippen LogP) is 3.08. The summed E-state index contributed by atoms with van der Waals surface area (Å²) in [5.41, 5.74) is 1.36. The number of thiazole rings is 1. The minimum atomic E-state index is -0.467. The number of para-hydroxylation sites is 1. The Kier molecular flexibility index (Phi) is 5.81. The lowest BCUT2D eigenvalue weighted by atomic mass is 10.1. The van der Waals surface area contributed by atoms with E-state index in [2.05, 4.69) is 24.1 Å². The molecule has 2 rings (SSSR count). The number of rotatable bonds is 7. The van der Waals surface area contributed by atoms with E-state index in [0.717, 1.165) is 10.7 Å². The average Bonchev–Trinajstić information content (AvgIpc) is 2.96. The molecule has 0 saturated carbocycles. The van der Waals surface area contributed by atoms with Gasteiger partial charge in [-0.25, -0.2) is 4.98 Å². The van der Waals surface area contributed by atoms with Crippen LogP contribution in [-0.4, -0.2) is 22.4 Å². The molecule has 1 N–H and O–H groups in total. The van der Waals surface area contributed by atoms with Gasteiger partial charge in [-0.3, -0.25) is 14.9 Å². The zero-order chi connectivity index (χ0) is 16.8. The van der Waals surface area contributed by atoms with Crippen LogP contribution in [0.4, 0.5) is 5.69 Å². The number of carbonyl (C=O) groups is 1. The molecule has 6 nitrogen and oxygen atoms in total. The molecule has 0 aliphatic rings. The molecule has 0 aliphatic heterocycles. The Bertz CT molecular complexity index is 697. The van der Waals surface area contributed by atoms with Gasteiger partial charge in [0.1, 0.15) is 0 Å². The smallest absolute Gasteiger partial charge is 0.273 e. The van der Waals surface area contributed by atoms with E-state index in [1.54, 1.807) is 29.5 Å². The lowest BCUT2D eigenvalue weighted by Gasteiger charge is -2.05. The van der Waals surface area contributed by atoms with Crippen molar-refractivity contribution in [3.63, 3.8) is 0 Å². The summed E-state index contributed by atoms with van der Waals surface area (Å²) in [6.07, 6.45) is 0.664. The Morgan fingerprint density at radius 3 is 2.78 bits per heavy atom. The number of carbonyl (C=O) groups excluding carboxylic acids is 1. The second-order valence-electron chi connectivity index (χ2n) is 5.49. The largest absolute Gasteiger partial charge is 0.355 e. The molecule has 0 unspecified atom stereocenters. The van der Waals surface area contributed by atoms with Crippen LogP contribution in [0.2, 0.25) is 0 Å². The van der Waals surface area contributed by atoms with Gasteiger partial charge in [-0.1, -0.05) is 32.0 Å². The van der Waals surface area contributed by atoms with Crippen LogP contribution in [0.3, 0.4) is 0 Å². The summed E-state index contributed by atoms with van der Waals surface area (Å²) in [6, 6.07) is 6.30. The van der Waals surface area contributed by atoms with Crippen LogP contribution in [0.25, 0.3) is 0 Å². The Hall–Kier alpha value is -2.28. The minimum Gasteiger partial charge on any atom is -0.355 e. The molecule has 2 aromatic rings. The van der Waals surface area contributed by atoms with Crippen LogP contribution in [0.15, 0.2) is 29.6 Å².